The molecule has 5 nitrogen and oxygen atoms in total. The Labute approximate surface area is 136 Å². The summed E-state index contributed by atoms with van der Waals surface area (Å²) in [6.45, 7) is 3.39. The van der Waals surface area contributed by atoms with Gasteiger partial charge < -0.3 is 9.64 Å². The van der Waals surface area contributed by atoms with Gasteiger partial charge in [0.25, 0.3) is 0 Å². The number of rotatable bonds is 5. The Bertz CT molecular complexity index is 633. The lowest BCUT2D eigenvalue weighted by molar-refractivity contribution is -0.132. The van der Waals surface area contributed by atoms with Crippen LogP contribution in [0.2, 0.25) is 0 Å². The highest BCUT2D eigenvalue weighted by Gasteiger charge is 2.32. The molecule has 120 valence electrons. The number of hydrogen-bond acceptors (Lipinski definition) is 4. The van der Waals surface area contributed by atoms with Crippen molar-refractivity contribution < 1.29 is 9.53 Å². The van der Waals surface area contributed by atoms with Gasteiger partial charge in [-0.15, -0.1) is 5.10 Å². The molecule has 1 saturated heterocycles. The third-order valence-corrected chi connectivity index (χ3v) is 4.20. The first-order chi connectivity index (χ1) is 11.3. The Hall–Kier alpha value is -2.43. The summed E-state index contributed by atoms with van der Waals surface area (Å²) < 4.78 is 5.81. The van der Waals surface area contributed by atoms with Crippen molar-refractivity contribution in [1.82, 2.24) is 15.1 Å². The van der Waals surface area contributed by atoms with Gasteiger partial charge in [0.05, 0.1) is 12.5 Å². The molecule has 0 aliphatic carbocycles. The lowest BCUT2D eigenvalue weighted by Crippen LogP contribution is -2.34. The Kier molecular flexibility index (Phi) is 4.86. The summed E-state index contributed by atoms with van der Waals surface area (Å²) >= 11 is 0. The Balaban J connectivity index is 1.62. The van der Waals surface area contributed by atoms with E-state index in [1.54, 1.807) is 18.3 Å². The molecular weight excluding hydrogens is 290 g/mol. The lowest BCUT2D eigenvalue weighted by atomic mass is 9.95. The summed E-state index contributed by atoms with van der Waals surface area (Å²) in [7, 11) is 0. The highest BCUT2D eigenvalue weighted by Crippen LogP contribution is 2.25. The van der Waals surface area contributed by atoms with Crippen LogP contribution in [0.5, 0.6) is 5.88 Å². The second kappa shape index (κ2) is 7.22. The monoisotopic (exact) mass is 311 g/mol. The molecule has 0 saturated carbocycles. The van der Waals surface area contributed by atoms with Crippen LogP contribution in [0.4, 0.5) is 0 Å². The predicted octanol–water partition coefficient (Wildman–Crippen LogP) is 2.65. The Morgan fingerprint density at radius 3 is 2.83 bits per heavy atom. The SMILES string of the molecule is CCC(C(=O)N1CCC(Oc2cccnn2)C1)c1ccccc1. The smallest absolute Gasteiger partial charge is 0.233 e. The van der Waals surface area contributed by atoms with Gasteiger partial charge >= 0.3 is 0 Å². The van der Waals surface area contributed by atoms with Crippen molar-refractivity contribution in [2.75, 3.05) is 13.1 Å². The van der Waals surface area contributed by atoms with Crippen LogP contribution >= 0.6 is 0 Å². The van der Waals surface area contributed by atoms with Crippen molar-refractivity contribution in [2.24, 2.45) is 0 Å². The van der Waals surface area contributed by atoms with Crippen molar-refractivity contribution >= 4 is 5.91 Å². The van der Waals surface area contributed by atoms with E-state index >= 15 is 0 Å². The van der Waals surface area contributed by atoms with Gasteiger partial charge in [0.15, 0.2) is 0 Å². The standard InChI is InChI=1S/C18H21N3O2/c1-2-16(14-7-4-3-5-8-14)18(22)21-12-10-15(13-21)23-17-9-6-11-19-20-17/h3-9,11,15-16H,2,10,12-13H2,1H3. The number of aromatic nitrogens is 2. The van der Waals surface area contributed by atoms with Gasteiger partial charge in [0.2, 0.25) is 11.8 Å². The average molecular weight is 311 g/mol. The van der Waals surface area contributed by atoms with Crippen LogP contribution in [0.15, 0.2) is 48.7 Å². The van der Waals surface area contributed by atoms with Crippen LogP contribution in [-0.2, 0) is 4.79 Å². The van der Waals surface area contributed by atoms with E-state index in [9.17, 15) is 4.79 Å². The highest BCUT2D eigenvalue weighted by atomic mass is 16.5. The number of hydrogen-bond donors (Lipinski definition) is 0. The average Bonchev–Trinajstić information content (AvgIpc) is 3.06. The first-order valence-corrected chi connectivity index (χ1v) is 8.06. The molecule has 0 radical (unpaired) electrons. The minimum Gasteiger partial charge on any atom is -0.471 e. The predicted molar refractivity (Wildman–Crippen MR) is 87.1 cm³/mol. The first kappa shape index (κ1) is 15.5. The molecule has 0 N–H and O–H groups in total. The van der Waals surface area contributed by atoms with E-state index in [2.05, 4.69) is 17.1 Å². The van der Waals surface area contributed by atoms with E-state index in [0.717, 1.165) is 24.9 Å². The van der Waals surface area contributed by atoms with Gasteiger partial charge in [0.1, 0.15) is 6.10 Å². The quantitative estimate of drug-likeness (QED) is 0.852. The Morgan fingerprint density at radius 2 is 2.13 bits per heavy atom. The minimum absolute atomic E-state index is 0.0103. The molecular formula is C18H21N3O2. The summed E-state index contributed by atoms with van der Waals surface area (Å²) in [5.74, 6) is 0.623. The molecule has 1 aromatic carbocycles. The molecule has 2 aromatic rings. The summed E-state index contributed by atoms with van der Waals surface area (Å²) in [6.07, 6.45) is 3.23. The summed E-state index contributed by atoms with van der Waals surface area (Å²) in [5.41, 5.74) is 1.08. The van der Waals surface area contributed by atoms with Gasteiger partial charge in [0, 0.05) is 25.2 Å². The summed E-state index contributed by atoms with van der Waals surface area (Å²) in [4.78, 5) is 14.7. The molecule has 5 heteroatoms. The maximum absolute atomic E-state index is 12.8. The van der Waals surface area contributed by atoms with Gasteiger partial charge in [-0.05, 0) is 18.1 Å². The van der Waals surface area contributed by atoms with Gasteiger partial charge in [-0.25, -0.2) is 0 Å². The van der Waals surface area contributed by atoms with E-state index in [0.29, 0.717) is 12.4 Å². The molecule has 2 atom stereocenters. The number of amides is 1. The van der Waals surface area contributed by atoms with Crippen molar-refractivity contribution in [1.29, 1.82) is 0 Å². The number of carbonyl (C=O) groups is 1. The van der Waals surface area contributed by atoms with E-state index in [1.165, 1.54) is 0 Å². The van der Waals surface area contributed by atoms with Crippen LogP contribution in [0.25, 0.3) is 0 Å². The van der Waals surface area contributed by atoms with Crippen molar-refractivity contribution in [2.45, 2.75) is 31.8 Å². The minimum atomic E-state index is -0.0773. The van der Waals surface area contributed by atoms with E-state index in [1.807, 2.05) is 35.2 Å². The normalized spacial score (nSPS) is 18.7. The highest BCUT2D eigenvalue weighted by molar-refractivity contribution is 5.84. The van der Waals surface area contributed by atoms with E-state index < -0.39 is 0 Å². The molecule has 0 spiro atoms. The van der Waals surface area contributed by atoms with Crippen LogP contribution in [0, 0.1) is 0 Å². The molecule has 3 rings (SSSR count). The Morgan fingerprint density at radius 1 is 1.30 bits per heavy atom. The second-order valence-electron chi connectivity index (χ2n) is 5.75. The molecule has 23 heavy (non-hydrogen) atoms. The third-order valence-electron chi connectivity index (χ3n) is 4.20. The molecule has 1 aliphatic rings. The fraction of sp³-hybridized carbons (Fsp3) is 0.389. The van der Waals surface area contributed by atoms with Crippen molar-refractivity contribution in [3.8, 4) is 5.88 Å². The molecule has 2 unspecified atom stereocenters. The summed E-state index contributed by atoms with van der Waals surface area (Å²) in [6, 6.07) is 13.6. The van der Waals surface area contributed by atoms with Gasteiger partial charge in [-0.3, -0.25) is 4.79 Å². The van der Waals surface area contributed by atoms with E-state index in [-0.39, 0.29) is 17.9 Å². The van der Waals surface area contributed by atoms with Crippen molar-refractivity contribution in [3.63, 3.8) is 0 Å². The second-order valence-corrected chi connectivity index (χ2v) is 5.75. The zero-order valence-corrected chi connectivity index (χ0v) is 13.3. The van der Waals surface area contributed by atoms with Crippen LogP contribution < -0.4 is 4.74 Å². The zero-order valence-electron chi connectivity index (χ0n) is 13.3. The zero-order chi connectivity index (χ0) is 16.1. The number of nitrogens with zero attached hydrogens (tertiary/aromatic N) is 3. The van der Waals surface area contributed by atoms with Crippen LogP contribution in [0.1, 0.15) is 31.2 Å². The fourth-order valence-corrected chi connectivity index (χ4v) is 3.00. The van der Waals surface area contributed by atoms with E-state index in [4.69, 9.17) is 4.74 Å². The number of likely N-dealkylation sites (tertiary alicyclic amines) is 1. The lowest BCUT2D eigenvalue weighted by Gasteiger charge is -2.23. The maximum atomic E-state index is 12.8. The van der Waals surface area contributed by atoms with Crippen LogP contribution in [0.3, 0.4) is 0 Å². The van der Waals surface area contributed by atoms with Crippen molar-refractivity contribution in [3.05, 3.63) is 54.2 Å². The number of carbonyl (C=O) groups excluding carboxylic acids is 1. The number of ether oxygens (including phenoxy) is 1. The largest absolute Gasteiger partial charge is 0.471 e. The molecule has 0 bridgehead atoms. The molecule has 1 fully saturated rings. The van der Waals surface area contributed by atoms with Crippen LogP contribution in [-0.4, -0.2) is 40.2 Å². The third kappa shape index (κ3) is 3.67. The first-order valence-electron chi connectivity index (χ1n) is 8.06. The maximum Gasteiger partial charge on any atom is 0.233 e. The fourth-order valence-electron chi connectivity index (χ4n) is 3.00. The van der Waals surface area contributed by atoms with Gasteiger partial charge in [-0.1, -0.05) is 37.3 Å². The number of benzene rings is 1. The topological polar surface area (TPSA) is 55.3 Å². The molecule has 1 aromatic heterocycles. The summed E-state index contributed by atoms with van der Waals surface area (Å²) in [5, 5.41) is 7.74. The molecule has 2 heterocycles. The van der Waals surface area contributed by atoms with Gasteiger partial charge in [-0.2, -0.15) is 5.10 Å². The molecule has 1 aliphatic heterocycles. The molecule has 1 amide bonds.